The second-order valence-corrected chi connectivity index (χ2v) is 8.94. The standard InChI is InChI=1S/C23H23FN6O3S/c1-13-3-8-18(14(2)9-13)26-21(32)12-34-23-29-28-19(10-16-11-20(31)27-22(33)25-16)30(23)17-6-4-15(24)5-7-17/h3-9,16H,10-12H2,1-2H3,(H,26,32)(H2,25,27,31,33). The summed E-state index contributed by atoms with van der Waals surface area (Å²) in [5.74, 6) is -0.418. The summed E-state index contributed by atoms with van der Waals surface area (Å²) in [4.78, 5) is 36.0. The molecular formula is C23H23FN6O3S. The van der Waals surface area contributed by atoms with E-state index in [0.717, 1.165) is 16.8 Å². The van der Waals surface area contributed by atoms with Crippen LogP contribution in [0.15, 0.2) is 47.6 Å². The molecule has 1 atom stereocenters. The normalized spacial score (nSPS) is 15.6. The summed E-state index contributed by atoms with van der Waals surface area (Å²) in [6.07, 6.45) is 0.335. The van der Waals surface area contributed by atoms with Gasteiger partial charge >= 0.3 is 6.03 Å². The molecule has 1 saturated heterocycles. The number of nitrogens with zero attached hydrogens (tertiary/aromatic N) is 3. The van der Waals surface area contributed by atoms with Crippen LogP contribution in [0, 0.1) is 19.7 Å². The van der Waals surface area contributed by atoms with E-state index in [4.69, 9.17) is 0 Å². The van der Waals surface area contributed by atoms with Crippen molar-refractivity contribution in [2.75, 3.05) is 11.1 Å². The lowest BCUT2D eigenvalue weighted by atomic mass is 10.1. The average Bonchev–Trinajstić information content (AvgIpc) is 3.16. The number of halogens is 1. The van der Waals surface area contributed by atoms with Crippen LogP contribution in [0.4, 0.5) is 14.9 Å². The summed E-state index contributed by atoms with van der Waals surface area (Å²) >= 11 is 1.18. The van der Waals surface area contributed by atoms with Crippen LogP contribution in [0.5, 0.6) is 0 Å². The first-order valence-electron chi connectivity index (χ1n) is 10.6. The average molecular weight is 483 g/mol. The molecule has 1 aliphatic rings. The van der Waals surface area contributed by atoms with E-state index in [1.54, 1.807) is 16.7 Å². The molecule has 11 heteroatoms. The van der Waals surface area contributed by atoms with Crippen molar-refractivity contribution in [1.82, 2.24) is 25.4 Å². The fraction of sp³-hybridized carbons (Fsp3) is 0.261. The number of rotatable bonds is 7. The Bertz CT molecular complexity index is 1230. The zero-order valence-corrected chi connectivity index (χ0v) is 19.4. The number of aromatic nitrogens is 3. The maximum atomic E-state index is 13.5. The largest absolute Gasteiger partial charge is 0.334 e. The molecule has 176 valence electrons. The number of aryl methyl sites for hydroxylation is 2. The van der Waals surface area contributed by atoms with Crippen LogP contribution < -0.4 is 16.0 Å². The highest BCUT2D eigenvalue weighted by molar-refractivity contribution is 7.99. The van der Waals surface area contributed by atoms with Gasteiger partial charge in [-0.1, -0.05) is 29.5 Å². The summed E-state index contributed by atoms with van der Waals surface area (Å²) < 4.78 is 15.2. The van der Waals surface area contributed by atoms with E-state index in [2.05, 4.69) is 26.1 Å². The Kier molecular flexibility index (Phi) is 6.92. The number of benzene rings is 2. The highest BCUT2D eigenvalue weighted by Gasteiger charge is 2.27. The second kappa shape index (κ2) is 10.0. The molecule has 0 saturated carbocycles. The summed E-state index contributed by atoms with van der Waals surface area (Å²) in [7, 11) is 0. The molecule has 3 aromatic rings. The summed E-state index contributed by atoms with van der Waals surface area (Å²) in [5.41, 5.74) is 3.42. The van der Waals surface area contributed by atoms with Crippen LogP contribution in [0.1, 0.15) is 23.4 Å². The molecule has 34 heavy (non-hydrogen) atoms. The quantitative estimate of drug-likeness (QED) is 0.446. The van der Waals surface area contributed by atoms with Crippen molar-refractivity contribution in [3.63, 3.8) is 0 Å². The van der Waals surface area contributed by atoms with Gasteiger partial charge in [0.1, 0.15) is 11.6 Å². The number of urea groups is 1. The molecule has 0 aliphatic carbocycles. The topological polar surface area (TPSA) is 118 Å². The van der Waals surface area contributed by atoms with Crippen LogP contribution in [-0.2, 0) is 16.0 Å². The Morgan fingerprint density at radius 2 is 1.94 bits per heavy atom. The van der Waals surface area contributed by atoms with Crippen molar-refractivity contribution in [3.8, 4) is 5.69 Å². The van der Waals surface area contributed by atoms with Gasteiger partial charge in [0.25, 0.3) is 0 Å². The van der Waals surface area contributed by atoms with Gasteiger partial charge in [0, 0.05) is 30.3 Å². The minimum atomic E-state index is -0.563. The summed E-state index contributed by atoms with van der Waals surface area (Å²) in [5, 5.41) is 16.7. The fourth-order valence-corrected chi connectivity index (χ4v) is 4.43. The van der Waals surface area contributed by atoms with Gasteiger partial charge in [0.05, 0.1) is 5.75 Å². The van der Waals surface area contributed by atoms with Crippen molar-refractivity contribution >= 4 is 35.3 Å². The molecule has 3 N–H and O–H groups in total. The Morgan fingerprint density at radius 1 is 1.18 bits per heavy atom. The van der Waals surface area contributed by atoms with Gasteiger partial charge in [-0.3, -0.25) is 19.5 Å². The fourth-order valence-electron chi connectivity index (χ4n) is 3.66. The highest BCUT2D eigenvalue weighted by Crippen LogP contribution is 2.24. The predicted octanol–water partition coefficient (Wildman–Crippen LogP) is 2.89. The predicted molar refractivity (Wildman–Crippen MR) is 125 cm³/mol. The van der Waals surface area contributed by atoms with E-state index in [1.165, 1.54) is 23.9 Å². The first-order valence-corrected chi connectivity index (χ1v) is 11.6. The lowest BCUT2D eigenvalue weighted by Gasteiger charge is -2.23. The Labute approximate surface area is 199 Å². The molecule has 1 fully saturated rings. The lowest BCUT2D eigenvalue weighted by Crippen LogP contribution is -2.53. The van der Waals surface area contributed by atoms with Crippen LogP contribution in [-0.4, -0.2) is 44.4 Å². The van der Waals surface area contributed by atoms with Gasteiger partial charge in [-0.25, -0.2) is 9.18 Å². The van der Waals surface area contributed by atoms with Gasteiger partial charge in [0.15, 0.2) is 5.16 Å². The van der Waals surface area contributed by atoms with Gasteiger partial charge in [-0.05, 0) is 49.7 Å². The van der Waals surface area contributed by atoms with Gasteiger partial charge in [-0.2, -0.15) is 0 Å². The zero-order chi connectivity index (χ0) is 24.2. The number of nitrogens with one attached hydrogen (secondary N) is 3. The number of hydrogen-bond acceptors (Lipinski definition) is 6. The molecule has 1 aromatic heterocycles. The SMILES string of the molecule is Cc1ccc(NC(=O)CSc2nnc(CC3CC(=O)NC(=O)N3)n2-c2ccc(F)cc2)c(C)c1. The van der Waals surface area contributed by atoms with Crippen molar-refractivity contribution in [2.24, 2.45) is 0 Å². The molecule has 4 rings (SSSR count). The van der Waals surface area contributed by atoms with E-state index in [-0.39, 0.29) is 30.4 Å². The van der Waals surface area contributed by atoms with Crippen LogP contribution in [0.25, 0.3) is 5.69 Å². The molecule has 1 aliphatic heterocycles. The first kappa shape index (κ1) is 23.4. The van der Waals surface area contributed by atoms with Crippen LogP contribution >= 0.6 is 11.8 Å². The van der Waals surface area contributed by atoms with E-state index in [0.29, 0.717) is 16.7 Å². The minimum Gasteiger partial charge on any atom is -0.334 e. The van der Waals surface area contributed by atoms with Gasteiger partial charge in [0.2, 0.25) is 11.8 Å². The molecule has 4 amide bonds. The van der Waals surface area contributed by atoms with Crippen LogP contribution in [0.2, 0.25) is 0 Å². The minimum absolute atomic E-state index is 0.0786. The van der Waals surface area contributed by atoms with Gasteiger partial charge in [-0.15, -0.1) is 10.2 Å². The van der Waals surface area contributed by atoms with E-state index in [9.17, 15) is 18.8 Å². The smallest absolute Gasteiger partial charge is 0.321 e. The second-order valence-electron chi connectivity index (χ2n) is 7.99. The molecule has 0 bridgehead atoms. The summed E-state index contributed by atoms with van der Waals surface area (Å²) in [6, 6.07) is 10.5. The van der Waals surface area contributed by atoms with Crippen molar-refractivity contribution in [2.45, 2.75) is 37.9 Å². The van der Waals surface area contributed by atoms with E-state index in [1.807, 2.05) is 32.0 Å². The maximum absolute atomic E-state index is 13.5. The Morgan fingerprint density at radius 3 is 2.65 bits per heavy atom. The molecular weight excluding hydrogens is 459 g/mol. The number of imide groups is 1. The Balaban J connectivity index is 1.53. The monoisotopic (exact) mass is 482 g/mol. The number of carbonyl (C=O) groups is 3. The lowest BCUT2D eigenvalue weighted by molar-refractivity contribution is -0.121. The molecule has 1 unspecified atom stereocenters. The molecule has 0 radical (unpaired) electrons. The van der Waals surface area contributed by atoms with Crippen molar-refractivity contribution in [1.29, 1.82) is 0 Å². The Hall–Kier alpha value is -3.73. The molecule has 2 aromatic carbocycles. The third-order valence-electron chi connectivity index (χ3n) is 5.22. The van der Waals surface area contributed by atoms with Crippen molar-refractivity contribution in [3.05, 3.63) is 65.2 Å². The number of carbonyl (C=O) groups excluding carboxylic acids is 3. The van der Waals surface area contributed by atoms with E-state index < -0.39 is 17.9 Å². The number of thioether (sulfide) groups is 1. The third-order valence-corrected chi connectivity index (χ3v) is 6.15. The molecule has 2 heterocycles. The van der Waals surface area contributed by atoms with Gasteiger partial charge < -0.3 is 10.6 Å². The number of anilines is 1. The number of amides is 4. The van der Waals surface area contributed by atoms with Crippen LogP contribution in [0.3, 0.4) is 0 Å². The summed E-state index contributed by atoms with van der Waals surface area (Å²) in [6.45, 7) is 3.91. The third kappa shape index (κ3) is 5.60. The van der Waals surface area contributed by atoms with E-state index >= 15 is 0 Å². The highest BCUT2D eigenvalue weighted by atomic mass is 32.2. The molecule has 9 nitrogen and oxygen atoms in total. The zero-order valence-electron chi connectivity index (χ0n) is 18.6. The maximum Gasteiger partial charge on any atom is 0.321 e. The number of hydrogen-bond donors (Lipinski definition) is 3. The first-order chi connectivity index (χ1) is 16.3. The molecule has 0 spiro atoms. The van der Waals surface area contributed by atoms with Crippen molar-refractivity contribution < 1.29 is 18.8 Å².